The van der Waals surface area contributed by atoms with Crippen molar-refractivity contribution >= 4 is 32.4 Å². The van der Waals surface area contributed by atoms with Gasteiger partial charge in [0.05, 0.1) is 12.0 Å². The van der Waals surface area contributed by atoms with Crippen LogP contribution in [0.2, 0.25) is 0 Å². The van der Waals surface area contributed by atoms with Crippen LogP contribution >= 0.6 is 0 Å². The molecule has 3 rings (SSSR count). The Morgan fingerprint density at radius 3 is 2.50 bits per heavy atom. The van der Waals surface area contributed by atoms with E-state index in [0.29, 0.717) is 16.5 Å². The molecular formula is C17H15N3O5S. The average Bonchev–Trinajstić information content (AvgIpc) is 2.61. The number of carbonyl (C=O) groups excluding carboxylic acids is 1. The molecule has 134 valence electrons. The SMILES string of the molecule is COc1ccc(S(=O)(=O)Nc2ccc3c(O)c(C(N)=O)ncc3c2)cc1. The summed E-state index contributed by atoms with van der Waals surface area (Å²) < 4.78 is 32.4. The van der Waals surface area contributed by atoms with Crippen molar-refractivity contribution in [2.24, 2.45) is 5.73 Å². The molecule has 9 heteroatoms. The minimum Gasteiger partial charge on any atom is -0.505 e. The maximum absolute atomic E-state index is 12.5. The smallest absolute Gasteiger partial charge is 0.271 e. The van der Waals surface area contributed by atoms with Crippen LogP contribution in [0.3, 0.4) is 0 Å². The van der Waals surface area contributed by atoms with Crippen molar-refractivity contribution in [3.8, 4) is 11.5 Å². The topological polar surface area (TPSA) is 132 Å². The van der Waals surface area contributed by atoms with Gasteiger partial charge in [-0.15, -0.1) is 0 Å². The van der Waals surface area contributed by atoms with Gasteiger partial charge < -0.3 is 15.6 Å². The van der Waals surface area contributed by atoms with Crippen molar-refractivity contribution in [2.75, 3.05) is 11.8 Å². The first-order valence-corrected chi connectivity index (χ1v) is 8.88. The number of nitrogens with one attached hydrogen (secondary N) is 1. The van der Waals surface area contributed by atoms with Crippen LogP contribution in [0.5, 0.6) is 11.5 Å². The Kier molecular flexibility index (Phi) is 4.39. The van der Waals surface area contributed by atoms with Gasteiger partial charge in [0.2, 0.25) is 0 Å². The summed E-state index contributed by atoms with van der Waals surface area (Å²) >= 11 is 0. The molecule has 0 bridgehead atoms. The Labute approximate surface area is 149 Å². The lowest BCUT2D eigenvalue weighted by Crippen LogP contribution is -2.14. The number of benzene rings is 2. The first-order valence-electron chi connectivity index (χ1n) is 7.40. The molecule has 4 N–H and O–H groups in total. The molecule has 0 unspecified atom stereocenters. The molecule has 0 radical (unpaired) electrons. The number of sulfonamides is 1. The maximum atomic E-state index is 12.5. The largest absolute Gasteiger partial charge is 0.505 e. The van der Waals surface area contributed by atoms with Gasteiger partial charge in [0, 0.05) is 22.7 Å². The second-order valence-corrected chi connectivity index (χ2v) is 7.09. The summed E-state index contributed by atoms with van der Waals surface area (Å²) in [6.45, 7) is 0. The quantitative estimate of drug-likeness (QED) is 0.625. The third-order valence-electron chi connectivity index (χ3n) is 3.72. The first-order chi connectivity index (χ1) is 12.3. The van der Waals surface area contributed by atoms with Gasteiger partial charge in [0.25, 0.3) is 15.9 Å². The number of nitrogens with zero attached hydrogens (tertiary/aromatic N) is 1. The number of rotatable bonds is 5. The van der Waals surface area contributed by atoms with E-state index in [2.05, 4.69) is 9.71 Å². The van der Waals surface area contributed by atoms with E-state index in [-0.39, 0.29) is 22.0 Å². The first kappa shape index (κ1) is 17.5. The summed E-state index contributed by atoms with van der Waals surface area (Å²) in [5, 5.41) is 10.8. The minimum atomic E-state index is -3.80. The van der Waals surface area contributed by atoms with Gasteiger partial charge >= 0.3 is 0 Å². The van der Waals surface area contributed by atoms with Crippen LogP contribution < -0.4 is 15.2 Å². The van der Waals surface area contributed by atoms with Gasteiger partial charge in [-0.1, -0.05) is 0 Å². The maximum Gasteiger partial charge on any atom is 0.271 e. The van der Waals surface area contributed by atoms with Crippen LogP contribution in [0, 0.1) is 0 Å². The van der Waals surface area contributed by atoms with E-state index in [1.54, 1.807) is 12.1 Å². The number of aromatic nitrogens is 1. The fourth-order valence-corrected chi connectivity index (χ4v) is 3.47. The molecule has 0 aliphatic heterocycles. The predicted octanol–water partition coefficient (Wildman–Crippen LogP) is 1.85. The number of hydrogen-bond acceptors (Lipinski definition) is 6. The Hall–Kier alpha value is -3.33. The van der Waals surface area contributed by atoms with E-state index in [4.69, 9.17) is 10.5 Å². The fraction of sp³-hybridized carbons (Fsp3) is 0.0588. The van der Waals surface area contributed by atoms with Gasteiger partial charge in [0.15, 0.2) is 11.4 Å². The van der Waals surface area contributed by atoms with E-state index in [0.717, 1.165) is 0 Å². The Balaban J connectivity index is 1.95. The van der Waals surface area contributed by atoms with Gasteiger partial charge in [-0.3, -0.25) is 9.52 Å². The summed E-state index contributed by atoms with van der Waals surface area (Å²) in [7, 11) is -2.31. The van der Waals surface area contributed by atoms with Crippen LogP contribution in [0.1, 0.15) is 10.5 Å². The number of methoxy groups -OCH3 is 1. The number of carbonyl (C=O) groups is 1. The zero-order chi connectivity index (χ0) is 18.9. The summed E-state index contributed by atoms with van der Waals surface area (Å²) in [6, 6.07) is 10.4. The minimum absolute atomic E-state index is 0.0726. The molecule has 0 atom stereocenters. The summed E-state index contributed by atoms with van der Waals surface area (Å²) in [6.07, 6.45) is 1.33. The van der Waals surface area contributed by atoms with Crippen LogP contribution in [0.15, 0.2) is 53.6 Å². The number of hydrogen-bond donors (Lipinski definition) is 3. The second kappa shape index (κ2) is 6.52. The Bertz CT molecular complexity index is 1100. The molecule has 3 aromatic rings. The lowest BCUT2D eigenvalue weighted by atomic mass is 10.1. The van der Waals surface area contributed by atoms with E-state index in [9.17, 15) is 18.3 Å². The van der Waals surface area contributed by atoms with E-state index in [1.807, 2.05) is 0 Å². The van der Waals surface area contributed by atoms with Gasteiger partial charge in [-0.05, 0) is 42.5 Å². The second-order valence-electron chi connectivity index (χ2n) is 5.40. The molecule has 0 aliphatic rings. The third kappa shape index (κ3) is 3.24. The fourth-order valence-electron chi connectivity index (χ4n) is 2.42. The lowest BCUT2D eigenvalue weighted by Gasteiger charge is -2.10. The molecule has 1 heterocycles. The van der Waals surface area contributed by atoms with Gasteiger partial charge in [-0.25, -0.2) is 13.4 Å². The molecule has 0 fully saturated rings. The monoisotopic (exact) mass is 373 g/mol. The molecule has 0 saturated heterocycles. The van der Waals surface area contributed by atoms with Crippen LogP contribution in [-0.2, 0) is 10.0 Å². The van der Waals surface area contributed by atoms with E-state index in [1.165, 1.54) is 43.6 Å². The van der Waals surface area contributed by atoms with Crippen LogP contribution in [0.25, 0.3) is 10.8 Å². The highest BCUT2D eigenvalue weighted by Crippen LogP contribution is 2.29. The zero-order valence-electron chi connectivity index (χ0n) is 13.6. The number of anilines is 1. The summed E-state index contributed by atoms with van der Waals surface area (Å²) in [4.78, 5) is 15.1. The van der Waals surface area contributed by atoms with Gasteiger partial charge in [0.1, 0.15) is 5.75 Å². The number of ether oxygens (including phenoxy) is 1. The highest BCUT2D eigenvalue weighted by Gasteiger charge is 2.16. The third-order valence-corrected chi connectivity index (χ3v) is 5.12. The number of nitrogens with two attached hydrogens (primary N) is 1. The summed E-state index contributed by atoms with van der Waals surface area (Å²) in [5.41, 5.74) is 5.17. The van der Waals surface area contributed by atoms with Crippen molar-refractivity contribution in [1.29, 1.82) is 0 Å². The predicted molar refractivity (Wildman–Crippen MR) is 95.7 cm³/mol. The van der Waals surface area contributed by atoms with Crippen molar-refractivity contribution in [1.82, 2.24) is 4.98 Å². The Morgan fingerprint density at radius 1 is 1.19 bits per heavy atom. The van der Waals surface area contributed by atoms with Gasteiger partial charge in [-0.2, -0.15) is 0 Å². The molecule has 8 nitrogen and oxygen atoms in total. The van der Waals surface area contributed by atoms with Crippen LogP contribution in [0.4, 0.5) is 5.69 Å². The van der Waals surface area contributed by atoms with E-state index >= 15 is 0 Å². The molecule has 0 saturated carbocycles. The number of fused-ring (bicyclic) bond motifs is 1. The van der Waals surface area contributed by atoms with Crippen LogP contribution in [-0.4, -0.2) is 31.5 Å². The van der Waals surface area contributed by atoms with Crippen molar-refractivity contribution in [2.45, 2.75) is 4.90 Å². The molecule has 1 amide bonds. The Morgan fingerprint density at radius 2 is 1.88 bits per heavy atom. The van der Waals surface area contributed by atoms with E-state index < -0.39 is 15.9 Å². The number of primary amides is 1. The molecule has 0 spiro atoms. The van der Waals surface area contributed by atoms with Crippen molar-refractivity contribution in [3.05, 3.63) is 54.4 Å². The number of amides is 1. The molecule has 2 aromatic carbocycles. The lowest BCUT2D eigenvalue weighted by molar-refractivity contribution is 0.0993. The molecule has 1 aromatic heterocycles. The highest BCUT2D eigenvalue weighted by molar-refractivity contribution is 7.92. The highest BCUT2D eigenvalue weighted by atomic mass is 32.2. The van der Waals surface area contributed by atoms with Crippen molar-refractivity contribution < 1.29 is 23.1 Å². The zero-order valence-corrected chi connectivity index (χ0v) is 14.4. The van der Waals surface area contributed by atoms with Crippen molar-refractivity contribution in [3.63, 3.8) is 0 Å². The average molecular weight is 373 g/mol. The standard InChI is InChI=1S/C17H15N3O5S/c1-25-12-3-5-13(6-4-12)26(23,24)20-11-2-7-14-10(8-11)9-19-15(16(14)21)17(18)22/h2-9,20-21H,1H3,(H2,18,22). The molecule has 26 heavy (non-hydrogen) atoms. The molecule has 0 aliphatic carbocycles. The number of aromatic hydroxyl groups is 1. The normalized spacial score (nSPS) is 11.3. The molecular weight excluding hydrogens is 358 g/mol. The number of pyridine rings is 1. The summed E-state index contributed by atoms with van der Waals surface area (Å²) in [5.74, 6) is -0.658.